The quantitative estimate of drug-likeness (QED) is 0.685. The number of amides is 2. The van der Waals surface area contributed by atoms with Crippen molar-refractivity contribution >= 4 is 12.0 Å². The molecule has 0 heterocycles. The predicted molar refractivity (Wildman–Crippen MR) is 88.3 cm³/mol. The topological polar surface area (TPSA) is 78.9 Å². The van der Waals surface area contributed by atoms with E-state index in [1.54, 1.807) is 14.0 Å². The van der Waals surface area contributed by atoms with Gasteiger partial charge in [0.05, 0.1) is 12.0 Å². The van der Waals surface area contributed by atoms with Gasteiger partial charge in [-0.1, -0.05) is 37.3 Å². The third-order valence-electron chi connectivity index (χ3n) is 3.55. The number of nitrogens with zero attached hydrogens (tertiary/aromatic N) is 1. The second-order valence-electron chi connectivity index (χ2n) is 5.63. The number of carboxylic acids is 1. The van der Waals surface area contributed by atoms with Gasteiger partial charge in [0, 0.05) is 26.7 Å². The number of carboxylic acid groups (broad SMARTS) is 1. The van der Waals surface area contributed by atoms with Gasteiger partial charge in [0.1, 0.15) is 0 Å². The minimum absolute atomic E-state index is 0.0194. The Morgan fingerprint density at radius 1 is 1.26 bits per heavy atom. The minimum atomic E-state index is -0.909. The summed E-state index contributed by atoms with van der Waals surface area (Å²) < 4.78 is 5.72. The first kappa shape index (κ1) is 19.0. The van der Waals surface area contributed by atoms with Crippen molar-refractivity contribution in [1.82, 2.24) is 10.2 Å². The van der Waals surface area contributed by atoms with Crippen LogP contribution in [0.2, 0.25) is 0 Å². The van der Waals surface area contributed by atoms with E-state index in [0.29, 0.717) is 19.6 Å². The normalized spacial score (nSPS) is 13.2. The summed E-state index contributed by atoms with van der Waals surface area (Å²) >= 11 is 0. The lowest BCUT2D eigenvalue weighted by Gasteiger charge is -2.20. The van der Waals surface area contributed by atoms with Gasteiger partial charge in [-0.3, -0.25) is 4.79 Å². The molecule has 0 spiro atoms. The molecule has 0 saturated heterocycles. The molecule has 1 rings (SSSR count). The maximum atomic E-state index is 11.8. The summed E-state index contributed by atoms with van der Waals surface area (Å²) in [6.07, 6.45) is 0.719. The van der Waals surface area contributed by atoms with E-state index >= 15 is 0 Å². The highest BCUT2D eigenvalue weighted by Gasteiger charge is 2.16. The van der Waals surface area contributed by atoms with E-state index < -0.39 is 11.9 Å². The van der Waals surface area contributed by atoms with E-state index in [2.05, 4.69) is 5.32 Å². The van der Waals surface area contributed by atoms with Crippen molar-refractivity contribution in [2.24, 2.45) is 5.92 Å². The molecule has 2 amide bonds. The van der Waals surface area contributed by atoms with Crippen LogP contribution in [-0.4, -0.2) is 48.8 Å². The van der Waals surface area contributed by atoms with E-state index in [0.717, 1.165) is 5.56 Å². The van der Waals surface area contributed by atoms with Gasteiger partial charge in [0.25, 0.3) is 0 Å². The maximum Gasteiger partial charge on any atom is 0.317 e. The zero-order chi connectivity index (χ0) is 17.2. The Hall–Kier alpha value is -2.08. The fourth-order valence-electron chi connectivity index (χ4n) is 2.05. The van der Waals surface area contributed by atoms with Crippen LogP contribution in [0.4, 0.5) is 4.79 Å². The van der Waals surface area contributed by atoms with E-state index in [-0.39, 0.29) is 18.7 Å². The van der Waals surface area contributed by atoms with Gasteiger partial charge in [-0.25, -0.2) is 4.79 Å². The molecule has 0 aromatic heterocycles. The first-order valence-corrected chi connectivity index (χ1v) is 7.80. The van der Waals surface area contributed by atoms with Crippen LogP contribution < -0.4 is 5.32 Å². The molecule has 0 radical (unpaired) electrons. The van der Waals surface area contributed by atoms with Gasteiger partial charge < -0.3 is 20.1 Å². The summed E-state index contributed by atoms with van der Waals surface area (Å²) in [6, 6.07) is 9.69. The van der Waals surface area contributed by atoms with Crippen LogP contribution in [0.3, 0.4) is 0 Å². The molecule has 0 aliphatic heterocycles. The molecule has 0 aliphatic rings. The summed E-state index contributed by atoms with van der Waals surface area (Å²) in [6.45, 7) is 4.79. The van der Waals surface area contributed by atoms with Crippen molar-refractivity contribution in [1.29, 1.82) is 0 Å². The van der Waals surface area contributed by atoms with Crippen LogP contribution in [0.5, 0.6) is 0 Å². The standard InChI is InChI=1S/C17H26N2O4/c1-13(16(20)21)12-19(3)17(22)18-10-7-11-23-14(2)15-8-5-4-6-9-15/h4-6,8-9,13-14H,7,10-12H2,1-3H3,(H,18,22)(H,20,21). The van der Waals surface area contributed by atoms with E-state index in [9.17, 15) is 9.59 Å². The zero-order valence-corrected chi connectivity index (χ0v) is 14.0. The highest BCUT2D eigenvalue weighted by Crippen LogP contribution is 2.15. The first-order valence-electron chi connectivity index (χ1n) is 7.80. The third-order valence-corrected chi connectivity index (χ3v) is 3.55. The Labute approximate surface area is 137 Å². The molecule has 23 heavy (non-hydrogen) atoms. The first-order chi connectivity index (χ1) is 10.9. The Morgan fingerprint density at radius 2 is 1.91 bits per heavy atom. The number of carbonyl (C=O) groups excluding carboxylic acids is 1. The van der Waals surface area contributed by atoms with Crippen LogP contribution >= 0.6 is 0 Å². The van der Waals surface area contributed by atoms with Gasteiger partial charge in [0.2, 0.25) is 0 Å². The molecular weight excluding hydrogens is 296 g/mol. The summed E-state index contributed by atoms with van der Waals surface area (Å²) in [7, 11) is 1.59. The number of hydrogen-bond acceptors (Lipinski definition) is 3. The van der Waals surface area contributed by atoms with Crippen molar-refractivity contribution in [2.45, 2.75) is 26.4 Å². The van der Waals surface area contributed by atoms with Gasteiger partial charge in [-0.15, -0.1) is 0 Å². The maximum absolute atomic E-state index is 11.8. The molecule has 0 bridgehead atoms. The summed E-state index contributed by atoms with van der Waals surface area (Å²) in [5, 5.41) is 11.6. The molecule has 0 fully saturated rings. The average Bonchev–Trinajstić information content (AvgIpc) is 2.54. The number of urea groups is 1. The monoisotopic (exact) mass is 322 g/mol. The number of carbonyl (C=O) groups is 2. The number of aliphatic carboxylic acids is 1. The van der Waals surface area contributed by atoms with Crippen molar-refractivity contribution in [3.63, 3.8) is 0 Å². The largest absolute Gasteiger partial charge is 0.481 e. The van der Waals surface area contributed by atoms with Crippen molar-refractivity contribution < 1.29 is 19.4 Å². The van der Waals surface area contributed by atoms with Crippen molar-refractivity contribution in [2.75, 3.05) is 26.7 Å². The Bertz CT molecular complexity index is 493. The third kappa shape index (κ3) is 7.15. The summed E-state index contributed by atoms with van der Waals surface area (Å²) in [5.41, 5.74) is 1.12. The SMILES string of the molecule is CC(CN(C)C(=O)NCCCOC(C)c1ccccc1)C(=O)O. The molecule has 1 aromatic carbocycles. The second-order valence-corrected chi connectivity index (χ2v) is 5.63. The molecule has 1 aromatic rings. The zero-order valence-electron chi connectivity index (χ0n) is 14.0. The van der Waals surface area contributed by atoms with Gasteiger partial charge >= 0.3 is 12.0 Å². The second kappa shape index (κ2) is 9.84. The van der Waals surface area contributed by atoms with Crippen LogP contribution in [0, 0.1) is 5.92 Å². The van der Waals surface area contributed by atoms with Crippen molar-refractivity contribution in [3.8, 4) is 0 Å². The molecule has 6 nitrogen and oxygen atoms in total. The summed E-state index contributed by atoms with van der Waals surface area (Å²) in [4.78, 5) is 23.9. The lowest BCUT2D eigenvalue weighted by atomic mass is 10.1. The van der Waals surface area contributed by atoms with Crippen molar-refractivity contribution in [3.05, 3.63) is 35.9 Å². The Kier molecular flexibility index (Phi) is 8.11. The molecule has 128 valence electrons. The molecule has 2 atom stereocenters. The Balaban J connectivity index is 2.17. The van der Waals surface area contributed by atoms with E-state index in [1.165, 1.54) is 4.90 Å². The number of hydrogen-bond donors (Lipinski definition) is 2. The number of rotatable bonds is 9. The molecule has 0 aliphatic carbocycles. The lowest BCUT2D eigenvalue weighted by molar-refractivity contribution is -0.141. The number of ether oxygens (including phenoxy) is 1. The van der Waals surface area contributed by atoms with E-state index in [4.69, 9.17) is 9.84 Å². The minimum Gasteiger partial charge on any atom is -0.481 e. The van der Waals surface area contributed by atoms with Crippen LogP contribution in [-0.2, 0) is 9.53 Å². The number of benzene rings is 1. The molecule has 2 N–H and O–H groups in total. The molecule has 2 unspecified atom stereocenters. The average molecular weight is 322 g/mol. The van der Waals surface area contributed by atoms with Gasteiger partial charge in [-0.05, 0) is 18.9 Å². The summed E-state index contributed by atoms with van der Waals surface area (Å²) in [5.74, 6) is -1.49. The Morgan fingerprint density at radius 3 is 2.52 bits per heavy atom. The fourth-order valence-corrected chi connectivity index (χ4v) is 2.05. The molecular formula is C17H26N2O4. The lowest BCUT2D eigenvalue weighted by Crippen LogP contribution is -2.41. The van der Waals surface area contributed by atoms with Gasteiger partial charge in [-0.2, -0.15) is 0 Å². The van der Waals surface area contributed by atoms with Crippen LogP contribution in [0.15, 0.2) is 30.3 Å². The van der Waals surface area contributed by atoms with Crippen LogP contribution in [0.1, 0.15) is 31.9 Å². The van der Waals surface area contributed by atoms with Crippen LogP contribution in [0.25, 0.3) is 0 Å². The predicted octanol–water partition coefficient (Wildman–Crippen LogP) is 2.52. The molecule has 0 saturated carbocycles. The molecule has 6 heteroatoms. The highest BCUT2D eigenvalue weighted by atomic mass is 16.5. The van der Waals surface area contributed by atoms with E-state index in [1.807, 2.05) is 37.3 Å². The smallest absolute Gasteiger partial charge is 0.317 e. The van der Waals surface area contributed by atoms with Gasteiger partial charge in [0.15, 0.2) is 0 Å². The fraction of sp³-hybridized carbons (Fsp3) is 0.529. The highest BCUT2D eigenvalue weighted by molar-refractivity contribution is 5.75. The number of nitrogens with one attached hydrogen (secondary N) is 1.